The van der Waals surface area contributed by atoms with Crippen LogP contribution in [0, 0.1) is 13.8 Å². The number of benzene rings is 2. The number of aryl methyl sites for hydroxylation is 1. The second kappa shape index (κ2) is 6.36. The predicted octanol–water partition coefficient (Wildman–Crippen LogP) is 5.52. The first-order valence-corrected chi connectivity index (χ1v) is 8.46. The molecule has 2 aromatic rings. The Bertz CT molecular complexity index is 746. The number of methoxy groups -OCH3 is 1. The summed E-state index contributed by atoms with van der Waals surface area (Å²) in [6.45, 7) is 4.14. The molecule has 0 N–H and O–H groups in total. The third-order valence-electron chi connectivity index (χ3n) is 4.17. The molecular weight excluding hydrogens is 356 g/mol. The number of rotatable bonds is 4. The van der Waals surface area contributed by atoms with Gasteiger partial charge >= 0.3 is 5.97 Å². The zero-order valence-electron chi connectivity index (χ0n) is 13.5. The highest BCUT2D eigenvalue weighted by molar-refractivity contribution is 9.10. The molecule has 120 valence electrons. The molecule has 1 saturated carbocycles. The maximum Gasteiger partial charge on any atom is 0.337 e. The van der Waals surface area contributed by atoms with Crippen molar-refractivity contribution in [3.63, 3.8) is 0 Å². The highest BCUT2D eigenvalue weighted by atomic mass is 79.9. The lowest BCUT2D eigenvalue weighted by Gasteiger charge is -2.16. The van der Waals surface area contributed by atoms with E-state index in [0.29, 0.717) is 17.2 Å². The molecule has 1 aliphatic rings. The molecule has 0 amide bonds. The SMILES string of the molecule is COC(=O)c1ccc(Oc2c(C)cc(C3CC3)c(Br)c2C)cc1. The normalized spacial score (nSPS) is 13.7. The summed E-state index contributed by atoms with van der Waals surface area (Å²) in [6.07, 6.45) is 2.54. The number of carbonyl (C=O) groups excluding carboxylic acids is 1. The van der Waals surface area contributed by atoms with Crippen molar-refractivity contribution in [2.75, 3.05) is 7.11 Å². The smallest absolute Gasteiger partial charge is 0.337 e. The summed E-state index contributed by atoms with van der Waals surface area (Å²) in [5.41, 5.74) is 4.14. The molecule has 1 aliphatic carbocycles. The van der Waals surface area contributed by atoms with Crippen molar-refractivity contribution in [2.24, 2.45) is 0 Å². The quantitative estimate of drug-likeness (QED) is 0.660. The third-order valence-corrected chi connectivity index (χ3v) is 5.22. The summed E-state index contributed by atoms with van der Waals surface area (Å²) < 4.78 is 11.9. The lowest BCUT2D eigenvalue weighted by Crippen LogP contribution is -2.01. The molecule has 0 aliphatic heterocycles. The van der Waals surface area contributed by atoms with Gasteiger partial charge in [-0.3, -0.25) is 0 Å². The van der Waals surface area contributed by atoms with Gasteiger partial charge < -0.3 is 9.47 Å². The maximum atomic E-state index is 11.5. The van der Waals surface area contributed by atoms with Crippen molar-refractivity contribution < 1.29 is 14.3 Å². The minimum absolute atomic E-state index is 0.347. The van der Waals surface area contributed by atoms with Crippen LogP contribution in [0.5, 0.6) is 11.5 Å². The fourth-order valence-electron chi connectivity index (χ4n) is 2.72. The van der Waals surface area contributed by atoms with Crippen molar-refractivity contribution in [1.82, 2.24) is 0 Å². The van der Waals surface area contributed by atoms with Gasteiger partial charge in [0.25, 0.3) is 0 Å². The van der Waals surface area contributed by atoms with Crippen LogP contribution in [-0.2, 0) is 4.74 Å². The molecule has 3 rings (SSSR count). The molecule has 1 fully saturated rings. The number of hydrogen-bond donors (Lipinski definition) is 0. The molecule has 0 atom stereocenters. The van der Waals surface area contributed by atoms with Gasteiger partial charge in [0.1, 0.15) is 11.5 Å². The van der Waals surface area contributed by atoms with E-state index in [-0.39, 0.29) is 5.97 Å². The Morgan fingerprint density at radius 2 is 1.83 bits per heavy atom. The molecule has 2 aromatic carbocycles. The molecule has 0 saturated heterocycles. The first-order valence-electron chi connectivity index (χ1n) is 7.67. The zero-order valence-corrected chi connectivity index (χ0v) is 15.1. The van der Waals surface area contributed by atoms with E-state index in [1.54, 1.807) is 24.3 Å². The van der Waals surface area contributed by atoms with Crippen LogP contribution < -0.4 is 4.74 Å². The fourth-order valence-corrected chi connectivity index (χ4v) is 3.34. The molecule has 0 bridgehead atoms. The van der Waals surface area contributed by atoms with E-state index in [4.69, 9.17) is 9.47 Å². The molecular formula is C19H19BrO3. The minimum atomic E-state index is -0.347. The number of carbonyl (C=O) groups is 1. The van der Waals surface area contributed by atoms with Crippen LogP contribution in [0.1, 0.15) is 45.8 Å². The molecule has 23 heavy (non-hydrogen) atoms. The summed E-state index contributed by atoms with van der Waals surface area (Å²) >= 11 is 3.72. The first-order chi connectivity index (χ1) is 11.0. The van der Waals surface area contributed by atoms with Crippen LogP contribution in [-0.4, -0.2) is 13.1 Å². The van der Waals surface area contributed by atoms with E-state index in [1.165, 1.54) is 25.5 Å². The molecule has 4 heteroatoms. The van der Waals surface area contributed by atoms with Crippen LogP contribution in [0.3, 0.4) is 0 Å². The fraction of sp³-hybridized carbons (Fsp3) is 0.316. The van der Waals surface area contributed by atoms with Gasteiger partial charge in [0.2, 0.25) is 0 Å². The van der Waals surface area contributed by atoms with Crippen molar-refractivity contribution >= 4 is 21.9 Å². The molecule has 0 unspecified atom stereocenters. The second-order valence-corrected chi connectivity index (χ2v) is 6.74. The highest BCUT2D eigenvalue weighted by Gasteiger charge is 2.27. The van der Waals surface area contributed by atoms with Crippen LogP contribution in [0.25, 0.3) is 0 Å². The Morgan fingerprint density at radius 3 is 2.39 bits per heavy atom. The van der Waals surface area contributed by atoms with Gasteiger partial charge in [-0.15, -0.1) is 0 Å². The van der Waals surface area contributed by atoms with Gasteiger partial charge in [-0.05, 0) is 68.0 Å². The van der Waals surface area contributed by atoms with Crippen LogP contribution in [0.15, 0.2) is 34.8 Å². The van der Waals surface area contributed by atoms with Crippen molar-refractivity contribution in [1.29, 1.82) is 0 Å². The van der Waals surface area contributed by atoms with Crippen LogP contribution in [0.4, 0.5) is 0 Å². The summed E-state index contributed by atoms with van der Waals surface area (Å²) in [7, 11) is 1.37. The van der Waals surface area contributed by atoms with Crippen LogP contribution in [0.2, 0.25) is 0 Å². The lowest BCUT2D eigenvalue weighted by atomic mass is 10.0. The number of ether oxygens (including phenoxy) is 2. The lowest BCUT2D eigenvalue weighted by molar-refractivity contribution is 0.0600. The Hall–Kier alpha value is -1.81. The molecule has 0 spiro atoms. The third kappa shape index (κ3) is 3.27. The predicted molar refractivity (Wildman–Crippen MR) is 93.4 cm³/mol. The number of hydrogen-bond acceptors (Lipinski definition) is 3. The molecule has 0 heterocycles. The average Bonchev–Trinajstić information content (AvgIpc) is 3.39. The molecule has 0 aromatic heterocycles. The number of esters is 1. The summed E-state index contributed by atoms with van der Waals surface area (Å²) in [6, 6.07) is 9.20. The summed E-state index contributed by atoms with van der Waals surface area (Å²) in [5.74, 6) is 1.91. The van der Waals surface area contributed by atoms with E-state index >= 15 is 0 Å². The highest BCUT2D eigenvalue weighted by Crippen LogP contribution is 2.47. The van der Waals surface area contributed by atoms with Gasteiger partial charge in [0.15, 0.2) is 0 Å². The first kappa shape index (κ1) is 16.1. The maximum absolute atomic E-state index is 11.5. The Balaban J connectivity index is 1.88. The zero-order chi connectivity index (χ0) is 16.6. The van der Waals surface area contributed by atoms with Gasteiger partial charge in [-0.25, -0.2) is 4.79 Å². The molecule has 0 radical (unpaired) electrons. The molecule has 3 nitrogen and oxygen atoms in total. The van der Waals surface area contributed by atoms with E-state index in [1.807, 2.05) is 0 Å². The average molecular weight is 375 g/mol. The topological polar surface area (TPSA) is 35.5 Å². The van der Waals surface area contributed by atoms with Crippen molar-refractivity contribution in [3.05, 3.63) is 57.1 Å². The van der Waals surface area contributed by atoms with Crippen molar-refractivity contribution in [2.45, 2.75) is 32.6 Å². The van der Waals surface area contributed by atoms with Crippen molar-refractivity contribution in [3.8, 4) is 11.5 Å². The van der Waals surface area contributed by atoms with Crippen LogP contribution >= 0.6 is 15.9 Å². The van der Waals surface area contributed by atoms with Gasteiger partial charge in [-0.1, -0.05) is 22.0 Å². The van der Waals surface area contributed by atoms with E-state index < -0.39 is 0 Å². The standard InChI is InChI=1S/C19H19BrO3/c1-11-10-16(13-4-5-13)17(20)12(2)18(11)23-15-8-6-14(7-9-15)19(21)22-3/h6-10,13H,4-5H2,1-3H3. The Labute approximate surface area is 144 Å². The Kier molecular flexibility index (Phi) is 4.44. The summed E-state index contributed by atoms with van der Waals surface area (Å²) in [5, 5.41) is 0. The van der Waals surface area contributed by atoms with E-state index in [2.05, 4.69) is 35.8 Å². The van der Waals surface area contributed by atoms with Gasteiger partial charge in [0, 0.05) is 10.0 Å². The van der Waals surface area contributed by atoms with E-state index in [0.717, 1.165) is 21.3 Å². The monoisotopic (exact) mass is 374 g/mol. The van der Waals surface area contributed by atoms with Gasteiger partial charge in [0.05, 0.1) is 12.7 Å². The summed E-state index contributed by atoms with van der Waals surface area (Å²) in [4.78, 5) is 11.5. The minimum Gasteiger partial charge on any atom is -0.465 e. The van der Waals surface area contributed by atoms with E-state index in [9.17, 15) is 4.79 Å². The van der Waals surface area contributed by atoms with Gasteiger partial charge in [-0.2, -0.15) is 0 Å². The Morgan fingerprint density at radius 1 is 1.17 bits per heavy atom. The number of halogens is 1. The largest absolute Gasteiger partial charge is 0.465 e. The second-order valence-electron chi connectivity index (χ2n) is 5.94.